The van der Waals surface area contributed by atoms with Crippen LogP contribution in [0, 0.1) is 12.7 Å². The molecule has 0 spiro atoms. The maximum atomic E-state index is 13.1. The van der Waals surface area contributed by atoms with Crippen molar-refractivity contribution in [3.8, 4) is 5.75 Å². The van der Waals surface area contributed by atoms with Crippen molar-refractivity contribution in [2.75, 3.05) is 0 Å². The van der Waals surface area contributed by atoms with Crippen LogP contribution in [0.3, 0.4) is 0 Å². The minimum Gasteiger partial charge on any atom is -0.507 e. The number of carbonyl (C=O) groups is 1. The van der Waals surface area contributed by atoms with Crippen molar-refractivity contribution in [3.63, 3.8) is 0 Å². The topological polar surface area (TPSA) is 57.5 Å². The number of fused-ring (bicyclic) bond motifs is 1. The zero-order valence-corrected chi connectivity index (χ0v) is 9.20. The summed E-state index contributed by atoms with van der Waals surface area (Å²) in [4.78, 5) is 10.7. The third kappa shape index (κ3) is 2.06. The number of hydrogen-bond acceptors (Lipinski definition) is 2. The van der Waals surface area contributed by atoms with Gasteiger partial charge in [0.15, 0.2) is 0 Å². The maximum absolute atomic E-state index is 13.1. The predicted octanol–water partition coefficient (Wildman–Crippen LogP) is 2.62. The second kappa shape index (κ2) is 4.05. The van der Waals surface area contributed by atoms with Gasteiger partial charge < -0.3 is 10.2 Å². The van der Waals surface area contributed by atoms with Crippen LogP contribution in [0.1, 0.15) is 11.1 Å². The van der Waals surface area contributed by atoms with Crippen LogP contribution in [0.2, 0.25) is 0 Å². The lowest BCUT2D eigenvalue weighted by molar-refractivity contribution is -0.136. The van der Waals surface area contributed by atoms with Gasteiger partial charge in [-0.1, -0.05) is 12.1 Å². The fourth-order valence-electron chi connectivity index (χ4n) is 1.86. The van der Waals surface area contributed by atoms with E-state index in [-0.39, 0.29) is 12.2 Å². The molecule has 0 unspecified atom stereocenters. The SMILES string of the molecule is Cc1c(CC(=O)O)cc2ccc(F)cc2c1O. The minimum absolute atomic E-state index is 0.0572. The summed E-state index contributed by atoms with van der Waals surface area (Å²) in [6.45, 7) is 1.62. The highest BCUT2D eigenvalue weighted by Crippen LogP contribution is 2.31. The van der Waals surface area contributed by atoms with E-state index in [4.69, 9.17) is 5.11 Å². The third-order valence-corrected chi connectivity index (χ3v) is 2.78. The molecule has 0 saturated carbocycles. The molecule has 17 heavy (non-hydrogen) atoms. The Morgan fingerprint density at radius 3 is 2.71 bits per heavy atom. The van der Waals surface area contributed by atoms with Crippen molar-refractivity contribution in [2.24, 2.45) is 0 Å². The van der Waals surface area contributed by atoms with Crippen LogP contribution in [0.15, 0.2) is 24.3 Å². The van der Waals surface area contributed by atoms with E-state index < -0.39 is 11.8 Å². The molecule has 0 radical (unpaired) electrons. The first-order valence-corrected chi connectivity index (χ1v) is 5.11. The Balaban J connectivity index is 2.70. The number of carboxylic acids is 1. The first kappa shape index (κ1) is 11.4. The summed E-state index contributed by atoms with van der Waals surface area (Å²) >= 11 is 0. The molecule has 0 aliphatic heterocycles. The van der Waals surface area contributed by atoms with Gasteiger partial charge in [0.05, 0.1) is 6.42 Å². The Kier molecular flexibility index (Phi) is 2.71. The summed E-state index contributed by atoms with van der Waals surface area (Å²) in [5, 5.41) is 19.7. The van der Waals surface area contributed by atoms with Gasteiger partial charge in [0.1, 0.15) is 11.6 Å². The lowest BCUT2D eigenvalue weighted by Crippen LogP contribution is -2.02. The fourth-order valence-corrected chi connectivity index (χ4v) is 1.86. The second-order valence-corrected chi connectivity index (χ2v) is 3.95. The van der Waals surface area contributed by atoms with Gasteiger partial charge in [-0.15, -0.1) is 0 Å². The minimum atomic E-state index is -0.964. The molecule has 0 bridgehead atoms. The van der Waals surface area contributed by atoms with Gasteiger partial charge in [-0.25, -0.2) is 4.39 Å². The first-order valence-electron chi connectivity index (χ1n) is 5.11. The fraction of sp³-hybridized carbons (Fsp3) is 0.154. The smallest absolute Gasteiger partial charge is 0.307 e. The van der Waals surface area contributed by atoms with Crippen LogP contribution in [0.5, 0.6) is 5.75 Å². The molecular weight excluding hydrogens is 223 g/mol. The monoisotopic (exact) mass is 234 g/mol. The van der Waals surface area contributed by atoms with Gasteiger partial charge >= 0.3 is 5.97 Å². The van der Waals surface area contributed by atoms with E-state index in [0.29, 0.717) is 21.9 Å². The van der Waals surface area contributed by atoms with E-state index in [9.17, 15) is 14.3 Å². The van der Waals surface area contributed by atoms with Gasteiger partial charge in [0.25, 0.3) is 0 Å². The maximum Gasteiger partial charge on any atom is 0.307 e. The Morgan fingerprint density at radius 1 is 1.35 bits per heavy atom. The lowest BCUT2D eigenvalue weighted by Gasteiger charge is -2.09. The van der Waals surface area contributed by atoms with Crippen molar-refractivity contribution in [1.29, 1.82) is 0 Å². The molecule has 3 nitrogen and oxygen atoms in total. The van der Waals surface area contributed by atoms with E-state index in [2.05, 4.69) is 0 Å². The zero-order valence-electron chi connectivity index (χ0n) is 9.20. The summed E-state index contributed by atoms with van der Waals surface area (Å²) in [5.74, 6) is -1.45. The molecule has 2 rings (SSSR count). The first-order chi connectivity index (χ1) is 7.99. The number of phenolic OH excluding ortho intramolecular Hbond substituents is 1. The highest BCUT2D eigenvalue weighted by Gasteiger charge is 2.12. The average molecular weight is 234 g/mol. The number of benzene rings is 2. The number of carboxylic acid groups (broad SMARTS) is 1. The molecular formula is C13H11FO3. The zero-order chi connectivity index (χ0) is 12.6. The van der Waals surface area contributed by atoms with E-state index >= 15 is 0 Å². The number of hydrogen-bond donors (Lipinski definition) is 2. The normalized spacial score (nSPS) is 10.7. The van der Waals surface area contributed by atoms with Crippen molar-refractivity contribution < 1.29 is 19.4 Å². The number of aromatic hydroxyl groups is 1. The quantitative estimate of drug-likeness (QED) is 0.839. The molecule has 0 heterocycles. The Bertz CT molecular complexity index is 605. The number of aliphatic carboxylic acids is 1. The Morgan fingerprint density at radius 2 is 2.06 bits per heavy atom. The molecule has 0 aliphatic carbocycles. The van der Waals surface area contributed by atoms with Crippen LogP contribution < -0.4 is 0 Å². The Labute approximate surface area is 97.1 Å². The standard InChI is InChI=1S/C13H11FO3/c1-7-9(5-12(15)16)4-8-2-3-10(14)6-11(8)13(7)17/h2-4,6,17H,5H2,1H3,(H,15,16). The largest absolute Gasteiger partial charge is 0.507 e. The van der Waals surface area contributed by atoms with E-state index in [0.717, 1.165) is 0 Å². The third-order valence-electron chi connectivity index (χ3n) is 2.78. The van der Waals surface area contributed by atoms with Crippen molar-refractivity contribution in [2.45, 2.75) is 13.3 Å². The molecule has 0 amide bonds. The number of rotatable bonds is 2. The molecule has 2 aromatic carbocycles. The van der Waals surface area contributed by atoms with Crippen molar-refractivity contribution in [1.82, 2.24) is 0 Å². The molecule has 4 heteroatoms. The van der Waals surface area contributed by atoms with Gasteiger partial charge in [-0.3, -0.25) is 4.79 Å². The van der Waals surface area contributed by atoms with E-state index in [1.807, 2.05) is 0 Å². The van der Waals surface area contributed by atoms with Gasteiger partial charge in [-0.2, -0.15) is 0 Å². The van der Waals surface area contributed by atoms with Gasteiger partial charge in [-0.05, 0) is 35.6 Å². The van der Waals surface area contributed by atoms with Crippen LogP contribution in [0.4, 0.5) is 4.39 Å². The molecule has 0 saturated heterocycles. The summed E-state index contributed by atoms with van der Waals surface area (Å²) in [5.41, 5.74) is 1.01. The molecule has 0 fully saturated rings. The van der Waals surface area contributed by atoms with E-state index in [1.165, 1.54) is 18.2 Å². The van der Waals surface area contributed by atoms with Gasteiger partial charge in [0.2, 0.25) is 0 Å². The highest BCUT2D eigenvalue weighted by atomic mass is 19.1. The molecule has 0 atom stereocenters. The van der Waals surface area contributed by atoms with E-state index in [1.54, 1.807) is 13.0 Å². The molecule has 2 aromatic rings. The van der Waals surface area contributed by atoms with Crippen LogP contribution in [-0.4, -0.2) is 16.2 Å². The lowest BCUT2D eigenvalue weighted by atomic mass is 9.98. The Hall–Kier alpha value is -2.10. The van der Waals surface area contributed by atoms with Gasteiger partial charge in [0, 0.05) is 5.39 Å². The predicted molar refractivity (Wildman–Crippen MR) is 61.6 cm³/mol. The summed E-state index contributed by atoms with van der Waals surface area (Å²) in [6, 6.07) is 5.71. The summed E-state index contributed by atoms with van der Waals surface area (Å²) < 4.78 is 13.1. The average Bonchev–Trinajstić information content (AvgIpc) is 2.26. The van der Waals surface area contributed by atoms with Crippen molar-refractivity contribution in [3.05, 3.63) is 41.2 Å². The van der Waals surface area contributed by atoms with Crippen LogP contribution in [0.25, 0.3) is 10.8 Å². The van der Waals surface area contributed by atoms with Crippen molar-refractivity contribution >= 4 is 16.7 Å². The second-order valence-electron chi connectivity index (χ2n) is 3.95. The molecule has 88 valence electrons. The molecule has 2 N–H and O–H groups in total. The van der Waals surface area contributed by atoms with Crippen LogP contribution in [-0.2, 0) is 11.2 Å². The molecule has 0 aliphatic rings. The van der Waals surface area contributed by atoms with Crippen LogP contribution >= 0.6 is 0 Å². The molecule has 0 aromatic heterocycles. The summed E-state index contributed by atoms with van der Waals surface area (Å²) in [6.07, 6.45) is -0.160. The summed E-state index contributed by atoms with van der Waals surface area (Å²) in [7, 11) is 0. The number of halogens is 1. The number of phenols is 1. The highest BCUT2D eigenvalue weighted by molar-refractivity contribution is 5.91.